The van der Waals surface area contributed by atoms with Crippen LogP contribution >= 0.6 is 35.6 Å². The molecule has 5 nitrogen and oxygen atoms in total. The van der Waals surface area contributed by atoms with Crippen molar-refractivity contribution in [2.45, 2.75) is 12.5 Å². The Balaban J connectivity index is 0.00000210. The lowest BCUT2D eigenvalue weighted by molar-refractivity contribution is -0.115. The average Bonchev–Trinajstić information content (AvgIpc) is 2.93. The maximum absolute atomic E-state index is 12.2. The number of nitrogens with zero attached hydrogens (tertiary/aromatic N) is 2. The summed E-state index contributed by atoms with van der Waals surface area (Å²) >= 11 is 12.7. The number of likely N-dealkylation sites (N-methyl/N-ethyl adjacent to an activating group) is 1. The van der Waals surface area contributed by atoms with Crippen molar-refractivity contribution in [2.75, 3.05) is 25.0 Å². The Kier molecular flexibility index (Phi) is 5.68. The molecule has 4 rings (SSSR count). The van der Waals surface area contributed by atoms with Crippen LogP contribution < -0.4 is 10.2 Å². The van der Waals surface area contributed by atoms with E-state index >= 15 is 0 Å². The Morgan fingerprint density at radius 1 is 1.11 bits per heavy atom. The first-order valence-electron chi connectivity index (χ1n) is 8.32. The molecule has 2 aliphatic heterocycles. The van der Waals surface area contributed by atoms with Crippen LogP contribution in [0.1, 0.15) is 22.6 Å². The molecule has 0 radical (unpaired) electrons. The van der Waals surface area contributed by atoms with Crippen molar-refractivity contribution in [1.29, 1.82) is 0 Å². The first kappa shape index (κ1) is 20.0. The molecule has 0 spiro atoms. The Bertz CT molecular complexity index is 903. The molecule has 0 aromatic heterocycles. The van der Waals surface area contributed by atoms with Gasteiger partial charge in [0, 0.05) is 29.1 Å². The van der Waals surface area contributed by atoms with Crippen LogP contribution in [0.15, 0.2) is 36.4 Å². The van der Waals surface area contributed by atoms with Gasteiger partial charge in [-0.3, -0.25) is 4.79 Å². The van der Waals surface area contributed by atoms with Gasteiger partial charge in [0.15, 0.2) is 0 Å². The summed E-state index contributed by atoms with van der Waals surface area (Å²) in [4.78, 5) is 27.8. The van der Waals surface area contributed by atoms with Gasteiger partial charge in [0.2, 0.25) is 0 Å². The van der Waals surface area contributed by atoms with Crippen LogP contribution in [0.4, 0.5) is 10.5 Å². The quantitative estimate of drug-likeness (QED) is 0.737. The second kappa shape index (κ2) is 7.68. The van der Waals surface area contributed by atoms with Gasteiger partial charge in [-0.25, -0.2) is 9.69 Å². The summed E-state index contributed by atoms with van der Waals surface area (Å²) in [6.45, 7) is 1.49. The summed E-state index contributed by atoms with van der Waals surface area (Å²) in [5, 5.41) is 3.79. The Labute approximate surface area is 173 Å². The van der Waals surface area contributed by atoms with Gasteiger partial charge in [-0.2, -0.15) is 0 Å². The molecule has 0 saturated carbocycles. The molecular weight excluding hydrogens is 409 g/mol. The van der Waals surface area contributed by atoms with Gasteiger partial charge in [0.1, 0.15) is 0 Å². The number of carbonyl (C=O) groups is 2. The Hall–Kier alpha value is -1.79. The van der Waals surface area contributed by atoms with Gasteiger partial charge >= 0.3 is 6.03 Å². The molecule has 3 amide bonds. The lowest BCUT2D eigenvalue weighted by Crippen LogP contribution is -2.35. The molecule has 1 fully saturated rings. The van der Waals surface area contributed by atoms with E-state index in [1.165, 1.54) is 4.90 Å². The molecule has 1 atom stereocenters. The van der Waals surface area contributed by atoms with Crippen molar-refractivity contribution in [3.05, 3.63) is 63.1 Å². The van der Waals surface area contributed by atoms with E-state index < -0.39 is 6.03 Å². The minimum Gasteiger partial charge on any atom is -0.328 e. The number of hydrogen-bond donors (Lipinski definition) is 1. The van der Waals surface area contributed by atoms with Crippen LogP contribution in [0.2, 0.25) is 10.0 Å². The van der Waals surface area contributed by atoms with Crippen LogP contribution in [0.5, 0.6) is 0 Å². The van der Waals surface area contributed by atoms with Crippen LogP contribution in [-0.4, -0.2) is 37.0 Å². The predicted molar refractivity (Wildman–Crippen MR) is 109 cm³/mol. The number of imide groups is 1. The third kappa shape index (κ3) is 3.52. The van der Waals surface area contributed by atoms with Crippen LogP contribution in [0.25, 0.3) is 0 Å². The highest BCUT2D eigenvalue weighted by atomic mass is 35.5. The number of para-hydroxylation sites is 1. The number of halogens is 3. The first-order chi connectivity index (χ1) is 12.5. The molecule has 142 valence electrons. The molecule has 1 unspecified atom stereocenters. The van der Waals surface area contributed by atoms with Crippen molar-refractivity contribution in [3.63, 3.8) is 0 Å². The third-order valence-corrected chi connectivity index (χ3v) is 5.44. The zero-order valence-electron chi connectivity index (χ0n) is 14.5. The molecule has 1 saturated heterocycles. The maximum Gasteiger partial charge on any atom is 0.329 e. The molecule has 2 heterocycles. The van der Waals surface area contributed by atoms with E-state index in [1.54, 1.807) is 12.1 Å². The lowest BCUT2D eigenvalue weighted by atomic mass is 9.83. The zero-order chi connectivity index (χ0) is 18.4. The standard InChI is InChI=1S/C19H17Cl2N3O2.ClH/c1-23-9-14(13-6-11(20)7-16(21)15(13)10-23)12-4-2-3-5-17(12)24-18(25)8-22-19(24)26;/h2-7,14H,8-10H2,1H3,(H,22,26);1H. The van der Waals surface area contributed by atoms with Crippen molar-refractivity contribution >= 4 is 53.2 Å². The normalized spacial score (nSPS) is 19.5. The van der Waals surface area contributed by atoms with Crippen LogP contribution in [0, 0.1) is 0 Å². The number of carbonyl (C=O) groups excluding carboxylic acids is 2. The number of rotatable bonds is 2. The number of nitrogens with one attached hydrogen (secondary N) is 1. The Morgan fingerprint density at radius 3 is 2.56 bits per heavy atom. The van der Waals surface area contributed by atoms with E-state index in [9.17, 15) is 9.59 Å². The van der Waals surface area contributed by atoms with Gasteiger partial charge in [0.05, 0.1) is 12.2 Å². The summed E-state index contributed by atoms with van der Waals surface area (Å²) in [5.74, 6) is -0.298. The fourth-order valence-corrected chi connectivity index (χ4v) is 4.33. The van der Waals surface area contributed by atoms with Gasteiger partial charge in [-0.15, -0.1) is 12.4 Å². The lowest BCUT2D eigenvalue weighted by Gasteiger charge is -2.34. The first-order valence-corrected chi connectivity index (χ1v) is 9.07. The number of hydrogen-bond acceptors (Lipinski definition) is 3. The summed E-state index contributed by atoms with van der Waals surface area (Å²) in [6.07, 6.45) is 0. The van der Waals surface area contributed by atoms with Crippen LogP contribution in [-0.2, 0) is 11.3 Å². The topological polar surface area (TPSA) is 52.6 Å². The molecule has 0 aliphatic carbocycles. The SMILES string of the molecule is CN1Cc2c(Cl)cc(Cl)cc2C(c2ccccc2N2C(=O)CNC2=O)C1.Cl. The molecule has 1 N–H and O–H groups in total. The smallest absolute Gasteiger partial charge is 0.328 e. The molecule has 2 aromatic carbocycles. The summed E-state index contributed by atoms with van der Waals surface area (Å²) in [7, 11) is 2.03. The predicted octanol–water partition coefficient (Wildman–Crippen LogP) is 4.05. The second-order valence-electron chi connectivity index (χ2n) is 6.65. The van der Waals surface area contributed by atoms with Gasteiger partial charge < -0.3 is 10.2 Å². The van der Waals surface area contributed by atoms with Crippen molar-refractivity contribution in [2.24, 2.45) is 0 Å². The molecule has 0 bridgehead atoms. The van der Waals surface area contributed by atoms with Gasteiger partial charge in [0.25, 0.3) is 5.91 Å². The van der Waals surface area contributed by atoms with E-state index in [1.807, 2.05) is 31.3 Å². The second-order valence-corrected chi connectivity index (χ2v) is 7.50. The van der Waals surface area contributed by atoms with Crippen molar-refractivity contribution in [1.82, 2.24) is 10.2 Å². The molecular formula is C19H18Cl3N3O2. The molecule has 8 heteroatoms. The fraction of sp³-hybridized carbons (Fsp3) is 0.263. The monoisotopic (exact) mass is 425 g/mol. The molecule has 2 aliphatic rings. The van der Waals surface area contributed by atoms with Gasteiger partial charge in [-0.05, 0) is 41.9 Å². The molecule has 27 heavy (non-hydrogen) atoms. The van der Waals surface area contributed by atoms with Crippen molar-refractivity contribution in [3.8, 4) is 0 Å². The van der Waals surface area contributed by atoms with E-state index in [-0.39, 0.29) is 30.8 Å². The number of urea groups is 1. The molecule has 2 aromatic rings. The Morgan fingerprint density at radius 2 is 1.85 bits per heavy atom. The minimum atomic E-state index is -0.393. The summed E-state index contributed by atoms with van der Waals surface area (Å²) in [5.41, 5.74) is 3.58. The van der Waals surface area contributed by atoms with Crippen LogP contribution in [0.3, 0.4) is 0 Å². The summed E-state index contributed by atoms with van der Waals surface area (Å²) < 4.78 is 0. The van der Waals surface area contributed by atoms with Gasteiger partial charge in [-0.1, -0.05) is 41.4 Å². The highest BCUT2D eigenvalue weighted by Gasteiger charge is 2.35. The zero-order valence-corrected chi connectivity index (χ0v) is 16.9. The highest BCUT2D eigenvalue weighted by Crippen LogP contribution is 2.41. The number of benzene rings is 2. The largest absolute Gasteiger partial charge is 0.329 e. The summed E-state index contributed by atoms with van der Waals surface area (Å²) in [6, 6.07) is 10.8. The third-order valence-electron chi connectivity index (χ3n) is 4.89. The van der Waals surface area contributed by atoms with Crippen molar-refractivity contribution < 1.29 is 9.59 Å². The van der Waals surface area contributed by atoms with E-state index in [4.69, 9.17) is 23.2 Å². The van der Waals surface area contributed by atoms with E-state index in [0.717, 1.165) is 29.8 Å². The highest BCUT2D eigenvalue weighted by molar-refractivity contribution is 6.35. The number of amides is 3. The number of fused-ring (bicyclic) bond motifs is 1. The minimum absolute atomic E-state index is 0. The van der Waals surface area contributed by atoms with E-state index in [0.29, 0.717) is 15.7 Å². The van der Waals surface area contributed by atoms with E-state index in [2.05, 4.69) is 10.2 Å². The average molecular weight is 427 g/mol. The fourth-order valence-electron chi connectivity index (χ4n) is 3.76. The maximum atomic E-state index is 12.2. The number of anilines is 1.